The first-order chi connectivity index (χ1) is 18.2. The molecule has 0 bridgehead atoms. The molecular weight excluding hydrogens is 478 g/mol. The van der Waals surface area contributed by atoms with Gasteiger partial charge in [0.1, 0.15) is 0 Å². The maximum atomic E-state index is 12.7. The first-order valence-electron chi connectivity index (χ1n) is 13.6. The summed E-state index contributed by atoms with van der Waals surface area (Å²) in [6.45, 7) is 11.0. The molecule has 0 unspecified atom stereocenters. The van der Waals surface area contributed by atoms with E-state index >= 15 is 0 Å². The van der Waals surface area contributed by atoms with Crippen LogP contribution >= 0.6 is 0 Å². The predicted octanol–water partition coefficient (Wildman–Crippen LogP) is 5.29. The van der Waals surface area contributed by atoms with Crippen LogP contribution < -0.4 is 14.8 Å². The number of rotatable bonds is 10. The molecule has 0 aliphatic carbocycles. The Morgan fingerprint density at radius 2 is 1.82 bits per heavy atom. The van der Waals surface area contributed by atoms with Crippen molar-refractivity contribution in [3.8, 4) is 22.8 Å². The molecule has 1 aliphatic heterocycles. The molecule has 0 atom stereocenters. The highest BCUT2D eigenvalue weighted by atomic mass is 16.5. The number of carbonyl (C=O) groups excluding carboxylic acids is 1. The molecule has 1 aromatic heterocycles. The number of methoxy groups -OCH3 is 2. The molecule has 2 aromatic carbocycles. The minimum absolute atomic E-state index is 0.0966. The lowest BCUT2D eigenvalue weighted by molar-refractivity contribution is -0.131. The zero-order valence-corrected chi connectivity index (χ0v) is 23.7. The second-order valence-corrected chi connectivity index (χ2v) is 11.5. The predicted molar refractivity (Wildman–Crippen MR) is 153 cm³/mol. The number of hydrogen-bond donors (Lipinski definition) is 3. The first-order valence-corrected chi connectivity index (χ1v) is 13.6. The van der Waals surface area contributed by atoms with Gasteiger partial charge in [-0.15, -0.1) is 0 Å². The lowest BCUT2D eigenvalue weighted by Crippen LogP contribution is -2.44. The molecule has 0 radical (unpaired) electrons. The van der Waals surface area contributed by atoms with Gasteiger partial charge in [0.2, 0.25) is 5.91 Å². The van der Waals surface area contributed by atoms with Crippen LogP contribution in [0.15, 0.2) is 36.4 Å². The fourth-order valence-electron chi connectivity index (χ4n) is 5.44. The van der Waals surface area contributed by atoms with Gasteiger partial charge in [-0.05, 0) is 66.1 Å². The summed E-state index contributed by atoms with van der Waals surface area (Å²) in [6.07, 6.45) is 1.92. The molecule has 4 rings (SSSR count). The zero-order chi connectivity index (χ0) is 27.4. The first kappa shape index (κ1) is 28.0. The number of piperidine rings is 1. The van der Waals surface area contributed by atoms with E-state index < -0.39 is 0 Å². The number of nitrogens with one attached hydrogen (secondary N) is 2. The van der Waals surface area contributed by atoms with E-state index in [9.17, 15) is 9.90 Å². The largest absolute Gasteiger partial charge is 0.493 e. The summed E-state index contributed by atoms with van der Waals surface area (Å²) in [6, 6.07) is 12.8. The van der Waals surface area contributed by atoms with E-state index in [1.165, 1.54) is 16.5 Å². The van der Waals surface area contributed by atoms with E-state index in [0.29, 0.717) is 30.7 Å². The number of nitrogens with zero attached hydrogens (tertiary/aromatic N) is 1. The van der Waals surface area contributed by atoms with Gasteiger partial charge in [-0.3, -0.25) is 4.79 Å². The van der Waals surface area contributed by atoms with E-state index in [1.54, 1.807) is 14.2 Å². The molecule has 206 valence electrons. The van der Waals surface area contributed by atoms with E-state index in [-0.39, 0.29) is 17.9 Å². The number of likely N-dealkylation sites (tertiary alicyclic amines) is 1. The van der Waals surface area contributed by atoms with Gasteiger partial charge in [-0.1, -0.05) is 33.8 Å². The molecule has 3 aromatic rings. The summed E-state index contributed by atoms with van der Waals surface area (Å²) >= 11 is 0. The molecule has 3 N–H and O–H groups in total. The Hall–Kier alpha value is -3.03. The highest BCUT2D eigenvalue weighted by Crippen LogP contribution is 2.40. The Morgan fingerprint density at radius 3 is 2.45 bits per heavy atom. The van der Waals surface area contributed by atoms with E-state index in [1.807, 2.05) is 30.9 Å². The molecule has 1 saturated heterocycles. The van der Waals surface area contributed by atoms with Gasteiger partial charge in [0, 0.05) is 48.1 Å². The number of hydrogen-bond acceptors (Lipinski definition) is 5. The van der Waals surface area contributed by atoms with Crippen molar-refractivity contribution in [2.45, 2.75) is 52.4 Å². The molecule has 0 spiro atoms. The number of aliphatic hydroxyl groups is 1. The third kappa shape index (κ3) is 6.00. The van der Waals surface area contributed by atoms with Gasteiger partial charge in [0.25, 0.3) is 0 Å². The van der Waals surface area contributed by atoms with Crippen LogP contribution in [0.2, 0.25) is 0 Å². The third-order valence-electron chi connectivity index (χ3n) is 7.74. The second kappa shape index (κ2) is 11.8. The van der Waals surface area contributed by atoms with E-state index in [0.717, 1.165) is 48.5 Å². The van der Waals surface area contributed by atoms with Gasteiger partial charge in [-0.2, -0.15) is 0 Å². The zero-order valence-electron chi connectivity index (χ0n) is 23.7. The van der Waals surface area contributed by atoms with Gasteiger partial charge in [0.05, 0.1) is 26.5 Å². The Balaban J connectivity index is 1.50. The Bertz CT molecular complexity index is 1260. The normalized spacial score (nSPS) is 14.9. The fourth-order valence-corrected chi connectivity index (χ4v) is 5.44. The summed E-state index contributed by atoms with van der Waals surface area (Å²) in [5.41, 5.74) is 5.74. The van der Waals surface area contributed by atoms with Gasteiger partial charge < -0.3 is 29.8 Å². The van der Waals surface area contributed by atoms with Crippen LogP contribution in [0.3, 0.4) is 0 Å². The number of H-pyrrole nitrogens is 1. The van der Waals surface area contributed by atoms with Crippen LogP contribution in [-0.4, -0.2) is 67.9 Å². The number of aromatic nitrogens is 1. The highest BCUT2D eigenvalue weighted by molar-refractivity contribution is 5.92. The molecule has 1 aliphatic rings. The van der Waals surface area contributed by atoms with Gasteiger partial charge >= 0.3 is 0 Å². The smallest absolute Gasteiger partial charge is 0.236 e. The van der Waals surface area contributed by atoms with Crippen molar-refractivity contribution >= 4 is 16.8 Å². The van der Waals surface area contributed by atoms with Crippen LogP contribution in [-0.2, 0) is 4.79 Å². The van der Waals surface area contributed by atoms with Gasteiger partial charge in [-0.25, -0.2) is 0 Å². The molecular formula is C31H43N3O4. The fraction of sp³-hybridized carbons (Fsp3) is 0.516. The maximum Gasteiger partial charge on any atom is 0.236 e. The van der Waals surface area contributed by atoms with Crippen molar-refractivity contribution in [3.05, 3.63) is 47.5 Å². The summed E-state index contributed by atoms with van der Waals surface area (Å²) in [4.78, 5) is 18.3. The molecule has 0 saturated carbocycles. The number of amides is 1. The number of aliphatic hydroxyl groups excluding tert-OH is 1. The SMILES string of the molecule is COc1ccc(-c2[nH]c3ccc(C4CCN(C(=O)CNCC(C)(C)CO)CC4)cc3c2C(C)C)cc1OC. The minimum Gasteiger partial charge on any atom is -0.493 e. The van der Waals surface area contributed by atoms with Crippen molar-refractivity contribution in [1.82, 2.24) is 15.2 Å². The number of carbonyl (C=O) groups is 1. The summed E-state index contributed by atoms with van der Waals surface area (Å²) in [5, 5.41) is 13.9. The second-order valence-electron chi connectivity index (χ2n) is 11.5. The van der Waals surface area contributed by atoms with Crippen molar-refractivity contribution in [2.75, 3.05) is 47.0 Å². The summed E-state index contributed by atoms with van der Waals surface area (Å²) in [7, 11) is 3.31. The maximum absolute atomic E-state index is 12.7. The quantitative estimate of drug-likeness (QED) is 0.338. The third-order valence-corrected chi connectivity index (χ3v) is 7.74. The van der Waals surface area contributed by atoms with Crippen molar-refractivity contribution in [1.29, 1.82) is 0 Å². The minimum atomic E-state index is -0.224. The Labute approximate surface area is 226 Å². The molecule has 1 amide bonds. The van der Waals surface area contributed by atoms with E-state index in [4.69, 9.17) is 9.47 Å². The number of ether oxygens (including phenoxy) is 2. The summed E-state index contributed by atoms with van der Waals surface area (Å²) in [5.74, 6) is 2.34. The summed E-state index contributed by atoms with van der Waals surface area (Å²) < 4.78 is 11.0. The van der Waals surface area contributed by atoms with Crippen LogP contribution in [0.4, 0.5) is 0 Å². The van der Waals surface area contributed by atoms with Crippen LogP contribution in [0, 0.1) is 5.41 Å². The van der Waals surface area contributed by atoms with Gasteiger partial charge in [0.15, 0.2) is 11.5 Å². The molecule has 7 heteroatoms. The molecule has 38 heavy (non-hydrogen) atoms. The van der Waals surface area contributed by atoms with Crippen molar-refractivity contribution in [3.63, 3.8) is 0 Å². The van der Waals surface area contributed by atoms with Crippen molar-refractivity contribution in [2.24, 2.45) is 5.41 Å². The number of aromatic amines is 1. The van der Waals surface area contributed by atoms with Crippen LogP contribution in [0.25, 0.3) is 22.2 Å². The average Bonchev–Trinajstić information content (AvgIpc) is 3.31. The lowest BCUT2D eigenvalue weighted by Gasteiger charge is -2.33. The topological polar surface area (TPSA) is 86.8 Å². The van der Waals surface area contributed by atoms with Crippen LogP contribution in [0.1, 0.15) is 63.5 Å². The standard InChI is InChI=1S/C31H43N3O4/c1-20(2)29-24-15-22(21-11-13-34(14-12-21)28(36)17-32-18-31(3,4)19-35)7-9-25(24)33-30(29)23-8-10-26(37-5)27(16-23)38-6/h7-10,15-16,20-21,32-33,35H,11-14,17-19H2,1-6H3. The van der Waals surface area contributed by atoms with Crippen LogP contribution in [0.5, 0.6) is 11.5 Å². The van der Waals surface area contributed by atoms with Crippen molar-refractivity contribution < 1.29 is 19.4 Å². The number of benzene rings is 2. The Kier molecular flexibility index (Phi) is 8.68. The molecule has 7 nitrogen and oxygen atoms in total. The Morgan fingerprint density at radius 1 is 1.11 bits per heavy atom. The molecule has 1 fully saturated rings. The van der Waals surface area contributed by atoms with E-state index in [2.05, 4.69) is 48.4 Å². The monoisotopic (exact) mass is 521 g/mol. The highest BCUT2D eigenvalue weighted by Gasteiger charge is 2.26. The average molecular weight is 522 g/mol. The molecule has 2 heterocycles. The number of fused-ring (bicyclic) bond motifs is 1. The lowest BCUT2D eigenvalue weighted by atomic mass is 9.87.